The second-order valence-electron chi connectivity index (χ2n) is 4.55. The second kappa shape index (κ2) is 5.10. The van der Waals surface area contributed by atoms with Crippen LogP contribution in [0.1, 0.15) is 27.3 Å². The first-order valence-electron chi connectivity index (χ1n) is 6.02. The highest BCUT2D eigenvalue weighted by Crippen LogP contribution is 2.23. The van der Waals surface area contributed by atoms with E-state index < -0.39 is 5.97 Å². The number of pyridine rings is 1. The third-order valence-corrected chi connectivity index (χ3v) is 2.97. The SMILES string of the molecule is Cc1ccc(Nc2ccc(C(=O)O)cc2C)c(C)n1. The molecule has 1 aromatic carbocycles. The van der Waals surface area contributed by atoms with Gasteiger partial charge in [-0.2, -0.15) is 0 Å². The first-order valence-corrected chi connectivity index (χ1v) is 6.02. The van der Waals surface area contributed by atoms with Gasteiger partial charge in [-0.05, 0) is 56.7 Å². The van der Waals surface area contributed by atoms with Crippen LogP contribution in [-0.2, 0) is 0 Å². The summed E-state index contributed by atoms with van der Waals surface area (Å²) in [5.74, 6) is -0.914. The average Bonchev–Trinajstić information content (AvgIpc) is 2.34. The number of nitrogens with one attached hydrogen (secondary N) is 1. The minimum absolute atomic E-state index is 0.293. The molecule has 0 bridgehead atoms. The molecule has 0 aliphatic heterocycles. The molecule has 0 radical (unpaired) electrons. The molecule has 0 spiro atoms. The van der Waals surface area contributed by atoms with Crippen molar-refractivity contribution in [3.63, 3.8) is 0 Å². The molecule has 2 N–H and O–H groups in total. The Morgan fingerprint density at radius 1 is 1.11 bits per heavy atom. The number of aromatic carboxylic acids is 1. The Morgan fingerprint density at radius 3 is 2.37 bits per heavy atom. The summed E-state index contributed by atoms with van der Waals surface area (Å²) < 4.78 is 0. The third-order valence-electron chi connectivity index (χ3n) is 2.97. The quantitative estimate of drug-likeness (QED) is 0.883. The zero-order valence-electron chi connectivity index (χ0n) is 11.2. The molecule has 4 nitrogen and oxygen atoms in total. The van der Waals surface area contributed by atoms with E-state index in [-0.39, 0.29) is 0 Å². The number of carboxylic acid groups (broad SMARTS) is 1. The van der Waals surface area contributed by atoms with Crippen molar-refractivity contribution >= 4 is 17.3 Å². The molecule has 0 saturated heterocycles. The van der Waals surface area contributed by atoms with E-state index in [0.29, 0.717) is 5.56 Å². The van der Waals surface area contributed by atoms with E-state index in [2.05, 4.69) is 10.3 Å². The Morgan fingerprint density at radius 2 is 1.79 bits per heavy atom. The van der Waals surface area contributed by atoms with Crippen molar-refractivity contribution in [1.82, 2.24) is 4.98 Å². The van der Waals surface area contributed by atoms with Gasteiger partial charge in [0.2, 0.25) is 0 Å². The largest absolute Gasteiger partial charge is 0.478 e. The molecule has 19 heavy (non-hydrogen) atoms. The molecule has 1 aromatic heterocycles. The Kier molecular flexibility index (Phi) is 3.51. The fraction of sp³-hybridized carbons (Fsp3) is 0.200. The molecule has 0 fully saturated rings. The maximum absolute atomic E-state index is 10.9. The maximum atomic E-state index is 10.9. The Labute approximate surface area is 112 Å². The van der Waals surface area contributed by atoms with Crippen molar-refractivity contribution in [2.45, 2.75) is 20.8 Å². The van der Waals surface area contributed by atoms with Crippen LogP contribution < -0.4 is 5.32 Å². The molecule has 0 atom stereocenters. The summed E-state index contributed by atoms with van der Waals surface area (Å²) in [6, 6.07) is 8.94. The highest BCUT2D eigenvalue weighted by molar-refractivity contribution is 5.88. The topological polar surface area (TPSA) is 62.2 Å². The van der Waals surface area contributed by atoms with Gasteiger partial charge in [0.1, 0.15) is 0 Å². The number of carbonyl (C=O) groups is 1. The molecule has 98 valence electrons. The van der Waals surface area contributed by atoms with Crippen molar-refractivity contribution in [3.05, 3.63) is 52.8 Å². The van der Waals surface area contributed by atoms with Crippen molar-refractivity contribution in [2.24, 2.45) is 0 Å². The summed E-state index contributed by atoms with van der Waals surface area (Å²) in [6.45, 7) is 5.77. The van der Waals surface area contributed by atoms with Gasteiger partial charge in [0.05, 0.1) is 16.9 Å². The highest BCUT2D eigenvalue weighted by atomic mass is 16.4. The van der Waals surface area contributed by atoms with E-state index in [0.717, 1.165) is 28.3 Å². The van der Waals surface area contributed by atoms with Crippen LogP contribution in [0, 0.1) is 20.8 Å². The maximum Gasteiger partial charge on any atom is 0.335 e. The molecule has 4 heteroatoms. The number of nitrogens with zero attached hydrogens (tertiary/aromatic N) is 1. The molecular formula is C15H16N2O2. The van der Waals surface area contributed by atoms with Gasteiger partial charge in [-0.25, -0.2) is 4.79 Å². The molecular weight excluding hydrogens is 240 g/mol. The Hall–Kier alpha value is -2.36. The number of carboxylic acids is 1. The molecule has 0 amide bonds. The van der Waals surface area contributed by atoms with E-state index in [1.165, 1.54) is 0 Å². The molecule has 0 aliphatic rings. The number of anilines is 2. The smallest absolute Gasteiger partial charge is 0.335 e. The number of aromatic nitrogens is 1. The van der Waals surface area contributed by atoms with Crippen LogP contribution in [0.3, 0.4) is 0 Å². The minimum atomic E-state index is -0.914. The molecule has 2 rings (SSSR count). The van der Waals surface area contributed by atoms with Crippen LogP contribution in [0.25, 0.3) is 0 Å². The zero-order valence-corrected chi connectivity index (χ0v) is 11.2. The van der Waals surface area contributed by atoms with Crippen LogP contribution in [0.5, 0.6) is 0 Å². The number of aryl methyl sites for hydroxylation is 3. The van der Waals surface area contributed by atoms with Gasteiger partial charge in [0.15, 0.2) is 0 Å². The Balaban J connectivity index is 2.31. The molecule has 1 heterocycles. The van der Waals surface area contributed by atoms with Crippen LogP contribution in [0.15, 0.2) is 30.3 Å². The van der Waals surface area contributed by atoms with Gasteiger partial charge in [-0.3, -0.25) is 4.98 Å². The fourth-order valence-corrected chi connectivity index (χ4v) is 1.90. The van der Waals surface area contributed by atoms with E-state index in [4.69, 9.17) is 5.11 Å². The summed E-state index contributed by atoms with van der Waals surface area (Å²) in [5, 5.41) is 12.2. The number of hydrogen-bond donors (Lipinski definition) is 2. The van der Waals surface area contributed by atoms with Crippen molar-refractivity contribution in [1.29, 1.82) is 0 Å². The van der Waals surface area contributed by atoms with Gasteiger partial charge in [0.25, 0.3) is 0 Å². The summed E-state index contributed by atoms with van der Waals surface area (Å²) in [5.41, 5.74) is 4.89. The average molecular weight is 256 g/mol. The predicted molar refractivity (Wildman–Crippen MR) is 75.1 cm³/mol. The fourth-order valence-electron chi connectivity index (χ4n) is 1.90. The molecule has 0 aliphatic carbocycles. The highest BCUT2D eigenvalue weighted by Gasteiger charge is 2.07. The summed E-state index contributed by atoms with van der Waals surface area (Å²) in [7, 11) is 0. The number of hydrogen-bond acceptors (Lipinski definition) is 3. The van der Waals surface area contributed by atoms with Crippen LogP contribution in [-0.4, -0.2) is 16.1 Å². The zero-order chi connectivity index (χ0) is 14.0. The molecule has 0 unspecified atom stereocenters. The monoisotopic (exact) mass is 256 g/mol. The minimum Gasteiger partial charge on any atom is -0.478 e. The van der Waals surface area contributed by atoms with Gasteiger partial charge in [-0.15, -0.1) is 0 Å². The van der Waals surface area contributed by atoms with Gasteiger partial charge < -0.3 is 10.4 Å². The lowest BCUT2D eigenvalue weighted by Gasteiger charge is -2.12. The summed E-state index contributed by atoms with van der Waals surface area (Å²) >= 11 is 0. The first kappa shape index (κ1) is 13.1. The van der Waals surface area contributed by atoms with Crippen molar-refractivity contribution < 1.29 is 9.90 Å². The van der Waals surface area contributed by atoms with Crippen LogP contribution in [0.4, 0.5) is 11.4 Å². The molecule has 0 saturated carbocycles. The second-order valence-corrected chi connectivity index (χ2v) is 4.55. The molecule has 2 aromatic rings. The lowest BCUT2D eigenvalue weighted by atomic mass is 10.1. The van der Waals surface area contributed by atoms with Gasteiger partial charge in [0, 0.05) is 11.4 Å². The predicted octanol–water partition coefficient (Wildman–Crippen LogP) is 3.45. The summed E-state index contributed by atoms with van der Waals surface area (Å²) in [6.07, 6.45) is 0. The van der Waals surface area contributed by atoms with Crippen LogP contribution in [0.2, 0.25) is 0 Å². The summed E-state index contributed by atoms with van der Waals surface area (Å²) in [4.78, 5) is 15.3. The van der Waals surface area contributed by atoms with Crippen molar-refractivity contribution in [3.8, 4) is 0 Å². The van der Waals surface area contributed by atoms with E-state index >= 15 is 0 Å². The van der Waals surface area contributed by atoms with E-state index in [9.17, 15) is 4.79 Å². The van der Waals surface area contributed by atoms with Gasteiger partial charge >= 0.3 is 5.97 Å². The Bertz CT molecular complexity index is 636. The van der Waals surface area contributed by atoms with E-state index in [1.54, 1.807) is 18.2 Å². The first-order chi connectivity index (χ1) is 8.97. The third kappa shape index (κ3) is 2.91. The number of benzene rings is 1. The van der Waals surface area contributed by atoms with Gasteiger partial charge in [-0.1, -0.05) is 0 Å². The van der Waals surface area contributed by atoms with Crippen molar-refractivity contribution in [2.75, 3.05) is 5.32 Å². The standard InChI is InChI=1S/C15H16N2O2/c1-9-8-12(15(18)19)5-7-13(9)17-14-6-4-10(2)16-11(14)3/h4-8,17H,1-3H3,(H,18,19). The van der Waals surface area contributed by atoms with Crippen LogP contribution >= 0.6 is 0 Å². The number of rotatable bonds is 3. The lowest BCUT2D eigenvalue weighted by molar-refractivity contribution is 0.0697. The lowest BCUT2D eigenvalue weighted by Crippen LogP contribution is -2.01. The van der Waals surface area contributed by atoms with E-state index in [1.807, 2.05) is 32.9 Å². The normalized spacial score (nSPS) is 10.3.